The lowest BCUT2D eigenvalue weighted by atomic mass is 10.2. The monoisotopic (exact) mass is 261 g/mol. The normalized spacial score (nSPS) is 11.3. The van der Waals surface area contributed by atoms with Crippen molar-refractivity contribution in [1.29, 1.82) is 0 Å². The Morgan fingerprint density at radius 3 is 2.78 bits per heavy atom. The van der Waals surface area contributed by atoms with Gasteiger partial charge in [-0.15, -0.1) is 0 Å². The van der Waals surface area contributed by atoms with Crippen LogP contribution in [0.3, 0.4) is 0 Å². The van der Waals surface area contributed by atoms with Crippen molar-refractivity contribution in [2.24, 2.45) is 0 Å². The van der Waals surface area contributed by atoms with Crippen molar-refractivity contribution >= 4 is 0 Å². The van der Waals surface area contributed by atoms with Crippen molar-refractivity contribution < 1.29 is 23.0 Å². The van der Waals surface area contributed by atoms with E-state index in [4.69, 9.17) is 9.84 Å². The standard InChI is InChI=1S/C12H14F3NO2/c1-9(3-2-6-17)8-18-10-4-5-16-11(7-10)12(13,14)15/h4-5,7,17H,1-3,6,8H2. The van der Waals surface area contributed by atoms with Gasteiger partial charge in [-0.2, -0.15) is 13.2 Å². The Morgan fingerprint density at radius 2 is 2.17 bits per heavy atom. The predicted octanol–water partition coefficient (Wildman–Crippen LogP) is 2.81. The molecule has 0 aliphatic carbocycles. The smallest absolute Gasteiger partial charge is 0.433 e. The number of nitrogens with zero attached hydrogens (tertiary/aromatic N) is 1. The number of hydrogen-bond acceptors (Lipinski definition) is 3. The van der Waals surface area contributed by atoms with Crippen molar-refractivity contribution in [1.82, 2.24) is 4.98 Å². The Balaban J connectivity index is 2.55. The average Bonchev–Trinajstić information content (AvgIpc) is 2.33. The van der Waals surface area contributed by atoms with Gasteiger partial charge < -0.3 is 9.84 Å². The molecule has 100 valence electrons. The Labute approximate surface area is 103 Å². The summed E-state index contributed by atoms with van der Waals surface area (Å²) in [6.07, 6.45) is -2.29. The van der Waals surface area contributed by atoms with Crippen molar-refractivity contribution in [3.8, 4) is 5.75 Å². The fraction of sp³-hybridized carbons (Fsp3) is 0.417. The molecule has 0 unspecified atom stereocenters. The van der Waals surface area contributed by atoms with E-state index in [1.54, 1.807) is 0 Å². The summed E-state index contributed by atoms with van der Waals surface area (Å²) < 4.78 is 42.3. The molecular formula is C12H14F3NO2. The molecule has 1 heterocycles. The van der Waals surface area contributed by atoms with Crippen LogP contribution in [0.5, 0.6) is 5.75 Å². The van der Waals surface area contributed by atoms with Gasteiger partial charge >= 0.3 is 6.18 Å². The molecule has 1 rings (SSSR count). The zero-order valence-electron chi connectivity index (χ0n) is 9.70. The van der Waals surface area contributed by atoms with E-state index in [1.807, 2.05) is 0 Å². The molecule has 0 atom stereocenters. The number of rotatable bonds is 6. The highest BCUT2D eigenvalue weighted by Crippen LogP contribution is 2.29. The van der Waals surface area contributed by atoms with Crippen molar-refractivity contribution in [3.05, 3.63) is 36.2 Å². The molecule has 0 aromatic carbocycles. The molecule has 0 amide bonds. The molecule has 1 aromatic rings. The van der Waals surface area contributed by atoms with E-state index < -0.39 is 11.9 Å². The lowest BCUT2D eigenvalue weighted by molar-refractivity contribution is -0.141. The Kier molecular flexibility index (Phi) is 5.15. The van der Waals surface area contributed by atoms with Crippen LogP contribution in [-0.2, 0) is 6.18 Å². The zero-order chi connectivity index (χ0) is 13.6. The minimum absolute atomic E-state index is 0.0481. The first-order valence-electron chi connectivity index (χ1n) is 5.37. The fourth-order valence-electron chi connectivity index (χ4n) is 1.24. The molecule has 0 saturated heterocycles. The Bertz CT molecular complexity index is 405. The van der Waals surface area contributed by atoms with Crippen LogP contribution in [0, 0.1) is 0 Å². The topological polar surface area (TPSA) is 42.4 Å². The zero-order valence-corrected chi connectivity index (χ0v) is 9.70. The second kappa shape index (κ2) is 6.39. The lowest BCUT2D eigenvalue weighted by Gasteiger charge is -2.10. The number of aromatic nitrogens is 1. The molecule has 1 aromatic heterocycles. The summed E-state index contributed by atoms with van der Waals surface area (Å²) in [5.41, 5.74) is -0.268. The first-order chi connectivity index (χ1) is 8.43. The second-order valence-electron chi connectivity index (χ2n) is 3.74. The van der Waals surface area contributed by atoms with Gasteiger partial charge in [-0.05, 0) is 24.5 Å². The Hall–Kier alpha value is -1.56. The Morgan fingerprint density at radius 1 is 1.44 bits per heavy atom. The van der Waals surface area contributed by atoms with Gasteiger partial charge in [0.15, 0.2) is 0 Å². The van der Waals surface area contributed by atoms with Gasteiger partial charge in [0, 0.05) is 18.9 Å². The third-order valence-electron chi connectivity index (χ3n) is 2.15. The van der Waals surface area contributed by atoms with Crippen LogP contribution < -0.4 is 4.74 Å². The van der Waals surface area contributed by atoms with E-state index >= 15 is 0 Å². The summed E-state index contributed by atoms with van der Waals surface area (Å²) in [4.78, 5) is 3.23. The van der Waals surface area contributed by atoms with Crippen LogP contribution in [0.2, 0.25) is 0 Å². The van der Waals surface area contributed by atoms with Gasteiger partial charge in [0.05, 0.1) is 0 Å². The van der Waals surface area contributed by atoms with Crippen LogP contribution in [0.4, 0.5) is 13.2 Å². The number of ether oxygens (including phenoxy) is 1. The second-order valence-corrected chi connectivity index (χ2v) is 3.74. The van der Waals surface area contributed by atoms with E-state index in [1.165, 1.54) is 6.07 Å². The molecule has 0 aliphatic heterocycles. The van der Waals surface area contributed by atoms with E-state index in [0.29, 0.717) is 12.8 Å². The summed E-state index contributed by atoms with van der Waals surface area (Å²) >= 11 is 0. The minimum atomic E-state index is -4.48. The van der Waals surface area contributed by atoms with E-state index in [2.05, 4.69) is 11.6 Å². The molecule has 18 heavy (non-hydrogen) atoms. The van der Waals surface area contributed by atoms with Gasteiger partial charge in [0.1, 0.15) is 18.1 Å². The molecule has 1 N–H and O–H groups in total. The van der Waals surface area contributed by atoms with Crippen molar-refractivity contribution in [2.45, 2.75) is 19.0 Å². The van der Waals surface area contributed by atoms with Gasteiger partial charge in [-0.25, -0.2) is 0 Å². The quantitative estimate of drug-likeness (QED) is 0.801. The van der Waals surface area contributed by atoms with Crippen LogP contribution in [0.15, 0.2) is 30.5 Å². The number of aliphatic hydroxyl groups is 1. The van der Waals surface area contributed by atoms with Crippen molar-refractivity contribution in [2.75, 3.05) is 13.2 Å². The molecule has 0 bridgehead atoms. The van der Waals surface area contributed by atoms with Crippen LogP contribution in [-0.4, -0.2) is 23.3 Å². The molecule has 0 fully saturated rings. The minimum Gasteiger partial charge on any atom is -0.489 e. The molecule has 3 nitrogen and oxygen atoms in total. The first-order valence-corrected chi connectivity index (χ1v) is 5.37. The highest BCUT2D eigenvalue weighted by Gasteiger charge is 2.32. The summed E-state index contributed by atoms with van der Waals surface area (Å²) in [5.74, 6) is 0.0995. The third-order valence-corrected chi connectivity index (χ3v) is 2.15. The first kappa shape index (κ1) is 14.5. The van der Waals surface area contributed by atoms with Gasteiger partial charge in [0.2, 0.25) is 0 Å². The summed E-state index contributed by atoms with van der Waals surface area (Å²) in [6, 6.07) is 2.20. The van der Waals surface area contributed by atoms with E-state index in [-0.39, 0.29) is 19.0 Å². The van der Waals surface area contributed by atoms with E-state index in [9.17, 15) is 13.2 Å². The largest absolute Gasteiger partial charge is 0.489 e. The number of alkyl halides is 3. The maximum absolute atomic E-state index is 12.4. The lowest BCUT2D eigenvalue weighted by Crippen LogP contribution is -2.08. The maximum atomic E-state index is 12.4. The molecule has 6 heteroatoms. The maximum Gasteiger partial charge on any atom is 0.433 e. The van der Waals surface area contributed by atoms with Crippen LogP contribution in [0.25, 0.3) is 0 Å². The molecule has 0 aliphatic rings. The van der Waals surface area contributed by atoms with Crippen molar-refractivity contribution in [3.63, 3.8) is 0 Å². The van der Waals surface area contributed by atoms with Crippen LogP contribution >= 0.6 is 0 Å². The van der Waals surface area contributed by atoms with Gasteiger partial charge in [0.25, 0.3) is 0 Å². The summed E-state index contributed by atoms with van der Waals surface area (Å²) in [7, 11) is 0. The fourth-order valence-corrected chi connectivity index (χ4v) is 1.24. The number of pyridine rings is 1. The number of aliphatic hydroxyl groups excluding tert-OH is 1. The SMILES string of the molecule is C=C(CCCO)COc1ccnc(C(F)(F)F)c1. The van der Waals surface area contributed by atoms with Gasteiger partial charge in [-0.3, -0.25) is 4.98 Å². The number of halogens is 3. The van der Waals surface area contributed by atoms with E-state index in [0.717, 1.165) is 17.8 Å². The highest BCUT2D eigenvalue weighted by atomic mass is 19.4. The molecular weight excluding hydrogens is 247 g/mol. The number of hydrogen-bond donors (Lipinski definition) is 1. The van der Waals surface area contributed by atoms with Crippen LogP contribution in [0.1, 0.15) is 18.5 Å². The van der Waals surface area contributed by atoms with Gasteiger partial charge in [-0.1, -0.05) is 6.58 Å². The highest BCUT2D eigenvalue weighted by molar-refractivity contribution is 5.24. The molecule has 0 radical (unpaired) electrons. The predicted molar refractivity (Wildman–Crippen MR) is 60.2 cm³/mol. The third kappa shape index (κ3) is 4.75. The average molecular weight is 261 g/mol. The summed E-state index contributed by atoms with van der Waals surface area (Å²) in [6.45, 7) is 3.88. The summed E-state index contributed by atoms with van der Waals surface area (Å²) in [5, 5.41) is 8.61. The molecule has 0 saturated carbocycles. The molecule has 0 spiro atoms.